The van der Waals surface area contributed by atoms with Crippen LogP contribution in [0.4, 0.5) is 4.79 Å². The van der Waals surface area contributed by atoms with Crippen LogP contribution in [0.1, 0.15) is 104 Å². The second-order valence-electron chi connectivity index (χ2n) is 9.49. The maximum Gasteiger partial charge on any atom is 0.407 e. The molecule has 2 aliphatic carbocycles. The van der Waals surface area contributed by atoms with Crippen molar-refractivity contribution in [1.82, 2.24) is 5.32 Å². The monoisotopic (exact) mass is 456 g/mol. The molecule has 0 aromatic rings. The molecule has 2 rings (SSSR count). The molecule has 2 fully saturated rings. The number of hydrogen-bond donors (Lipinski definition) is 3. The highest BCUT2D eigenvalue weighted by molar-refractivity contribution is 5.67. The highest BCUT2D eigenvalue weighted by Crippen LogP contribution is 2.35. The molecule has 1 amide bonds. The van der Waals surface area contributed by atoms with Crippen LogP contribution in [0.25, 0.3) is 0 Å². The molecule has 7 nitrogen and oxygen atoms in total. The van der Waals surface area contributed by atoms with Gasteiger partial charge in [-0.25, -0.2) is 4.79 Å². The number of rotatable bonds is 11. The van der Waals surface area contributed by atoms with Crippen LogP contribution < -0.4 is 11.1 Å². The molecule has 0 unspecified atom stereocenters. The Morgan fingerprint density at radius 2 is 1.44 bits per heavy atom. The summed E-state index contributed by atoms with van der Waals surface area (Å²) in [6.07, 6.45) is 15.7. The molecule has 4 N–H and O–H groups in total. The molecule has 188 valence electrons. The summed E-state index contributed by atoms with van der Waals surface area (Å²) in [6, 6.07) is 0.777. The van der Waals surface area contributed by atoms with E-state index < -0.39 is 0 Å². The number of hydrogen-bond acceptors (Lipinski definition) is 6. The van der Waals surface area contributed by atoms with Gasteiger partial charge in [0, 0.05) is 25.6 Å². The SMILES string of the molecule is CC(=O)OCCCCO.CCCCCOC(=O)NC1CCC(CC2CCC(N)CC2)CC1. The van der Waals surface area contributed by atoms with E-state index in [1.807, 2.05) is 0 Å². The molecular weight excluding hydrogens is 408 g/mol. The van der Waals surface area contributed by atoms with Crippen LogP contribution in [0.5, 0.6) is 0 Å². The van der Waals surface area contributed by atoms with Gasteiger partial charge in [0.25, 0.3) is 0 Å². The third kappa shape index (κ3) is 14.7. The molecule has 0 bridgehead atoms. The number of carbonyl (C=O) groups excluding carboxylic acids is 2. The molecule has 0 atom stereocenters. The standard InChI is InChI=1S/C19H36N2O2.C6H12O3/c1-2-3-4-13-23-19(22)21-18-11-7-16(8-12-18)14-15-5-9-17(20)10-6-15;1-6(8)9-5-3-2-4-7/h15-18H,2-14,20H2,1H3,(H,21,22);7H,2-5H2,1H3. The van der Waals surface area contributed by atoms with E-state index in [1.54, 1.807) is 0 Å². The lowest BCUT2D eigenvalue weighted by molar-refractivity contribution is -0.141. The van der Waals surface area contributed by atoms with Gasteiger partial charge >= 0.3 is 12.1 Å². The van der Waals surface area contributed by atoms with Gasteiger partial charge < -0.3 is 25.6 Å². The van der Waals surface area contributed by atoms with Gasteiger partial charge in [-0.2, -0.15) is 0 Å². The smallest absolute Gasteiger partial charge is 0.407 e. The number of ether oxygens (including phenoxy) is 2. The molecule has 2 aliphatic rings. The minimum atomic E-state index is -0.257. The van der Waals surface area contributed by atoms with Crippen molar-refractivity contribution in [2.75, 3.05) is 19.8 Å². The summed E-state index contributed by atoms with van der Waals surface area (Å²) >= 11 is 0. The maximum atomic E-state index is 11.8. The second-order valence-corrected chi connectivity index (χ2v) is 9.49. The van der Waals surface area contributed by atoms with Crippen molar-refractivity contribution in [2.45, 2.75) is 116 Å². The Labute approximate surface area is 195 Å². The normalized spacial score (nSPS) is 25.2. The lowest BCUT2D eigenvalue weighted by Gasteiger charge is -2.33. The largest absolute Gasteiger partial charge is 0.466 e. The molecule has 0 aliphatic heterocycles. The molecule has 7 heteroatoms. The average molecular weight is 457 g/mol. The van der Waals surface area contributed by atoms with Gasteiger partial charge in [-0.15, -0.1) is 0 Å². The van der Waals surface area contributed by atoms with Crippen LogP contribution in [0, 0.1) is 11.8 Å². The fraction of sp³-hybridized carbons (Fsp3) is 0.920. The lowest BCUT2D eigenvalue weighted by Crippen LogP contribution is -2.38. The number of esters is 1. The van der Waals surface area contributed by atoms with Crippen LogP contribution in [0.3, 0.4) is 0 Å². The number of alkyl carbamates (subject to hydrolysis) is 1. The van der Waals surface area contributed by atoms with Crippen molar-refractivity contribution in [1.29, 1.82) is 0 Å². The molecule has 0 heterocycles. The van der Waals surface area contributed by atoms with Gasteiger partial charge in [0.05, 0.1) is 13.2 Å². The first-order valence-electron chi connectivity index (χ1n) is 12.9. The summed E-state index contributed by atoms with van der Waals surface area (Å²) in [7, 11) is 0. The number of aliphatic hydroxyl groups is 1. The zero-order valence-electron chi connectivity index (χ0n) is 20.5. The number of carbonyl (C=O) groups is 2. The van der Waals surface area contributed by atoms with Gasteiger partial charge in [-0.1, -0.05) is 19.8 Å². The van der Waals surface area contributed by atoms with Gasteiger partial charge in [-0.3, -0.25) is 4.79 Å². The molecule has 0 aromatic carbocycles. The first-order valence-corrected chi connectivity index (χ1v) is 12.9. The highest BCUT2D eigenvalue weighted by atomic mass is 16.5. The Morgan fingerprint density at radius 3 is 2.00 bits per heavy atom. The summed E-state index contributed by atoms with van der Waals surface area (Å²) < 4.78 is 9.84. The van der Waals surface area contributed by atoms with Crippen LogP contribution in [0.15, 0.2) is 0 Å². The minimum Gasteiger partial charge on any atom is -0.466 e. The van der Waals surface area contributed by atoms with Gasteiger partial charge in [-0.05, 0) is 88.9 Å². The molecule has 2 saturated carbocycles. The quantitative estimate of drug-likeness (QED) is 0.307. The van der Waals surface area contributed by atoms with Crippen molar-refractivity contribution in [3.8, 4) is 0 Å². The Kier molecular flexibility index (Phi) is 16.3. The maximum absolute atomic E-state index is 11.8. The Balaban J connectivity index is 0.000000482. The summed E-state index contributed by atoms with van der Waals surface area (Å²) in [5, 5.41) is 11.3. The number of unbranched alkanes of at least 4 members (excludes halogenated alkanes) is 3. The summed E-state index contributed by atoms with van der Waals surface area (Å²) in [6.45, 7) is 4.68. The highest BCUT2D eigenvalue weighted by Gasteiger charge is 2.26. The molecule has 0 saturated heterocycles. The Hall–Kier alpha value is -1.34. The minimum absolute atomic E-state index is 0.168. The fourth-order valence-electron chi connectivity index (χ4n) is 4.59. The fourth-order valence-corrected chi connectivity index (χ4v) is 4.59. The summed E-state index contributed by atoms with van der Waals surface area (Å²) in [5.74, 6) is 1.49. The third-order valence-corrected chi connectivity index (χ3v) is 6.57. The zero-order valence-corrected chi connectivity index (χ0v) is 20.5. The van der Waals surface area contributed by atoms with Crippen LogP contribution in [-0.4, -0.2) is 49.1 Å². The topological polar surface area (TPSA) is 111 Å². The van der Waals surface area contributed by atoms with Crippen LogP contribution in [0.2, 0.25) is 0 Å². The summed E-state index contributed by atoms with van der Waals surface area (Å²) in [5.41, 5.74) is 5.99. The molecule has 0 aromatic heterocycles. The van der Waals surface area contributed by atoms with Crippen molar-refractivity contribution in [2.24, 2.45) is 17.6 Å². The predicted molar refractivity (Wildman–Crippen MR) is 127 cm³/mol. The third-order valence-electron chi connectivity index (χ3n) is 6.57. The number of aliphatic hydroxyl groups excluding tert-OH is 1. The van der Waals surface area contributed by atoms with Crippen LogP contribution in [-0.2, 0) is 14.3 Å². The van der Waals surface area contributed by atoms with E-state index >= 15 is 0 Å². The zero-order chi connectivity index (χ0) is 23.6. The summed E-state index contributed by atoms with van der Waals surface area (Å²) in [4.78, 5) is 21.9. The van der Waals surface area contributed by atoms with E-state index in [0.29, 0.717) is 31.7 Å². The van der Waals surface area contributed by atoms with Crippen molar-refractivity contribution in [3.63, 3.8) is 0 Å². The number of amides is 1. The van der Waals surface area contributed by atoms with E-state index in [2.05, 4.69) is 17.0 Å². The molecule has 32 heavy (non-hydrogen) atoms. The first kappa shape index (κ1) is 28.7. The first-order chi connectivity index (χ1) is 15.4. The van der Waals surface area contributed by atoms with E-state index in [0.717, 1.165) is 50.4 Å². The number of nitrogens with two attached hydrogens (primary N) is 1. The Morgan fingerprint density at radius 1 is 0.875 bits per heavy atom. The van der Waals surface area contributed by atoms with E-state index in [9.17, 15) is 9.59 Å². The van der Waals surface area contributed by atoms with Gasteiger partial charge in [0.1, 0.15) is 0 Å². The second kappa shape index (κ2) is 18.1. The van der Waals surface area contributed by atoms with Gasteiger partial charge in [0.15, 0.2) is 0 Å². The van der Waals surface area contributed by atoms with E-state index in [4.69, 9.17) is 15.6 Å². The van der Waals surface area contributed by atoms with Crippen LogP contribution >= 0.6 is 0 Å². The molecule has 0 radical (unpaired) electrons. The van der Waals surface area contributed by atoms with Crippen molar-refractivity contribution in [3.05, 3.63) is 0 Å². The molecule has 0 spiro atoms. The average Bonchev–Trinajstić information content (AvgIpc) is 2.78. The molecular formula is C25H48N2O5. The lowest BCUT2D eigenvalue weighted by atomic mass is 9.76. The van der Waals surface area contributed by atoms with Crippen molar-refractivity contribution >= 4 is 12.1 Å². The van der Waals surface area contributed by atoms with Crippen molar-refractivity contribution < 1.29 is 24.2 Å². The van der Waals surface area contributed by atoms with E-state index in [1.165, 1.54) is 51.9 Å². The van der Waals surface area contributed by atoms with Gasteiger partial charge in [0.2, 0.25) is 0 Å². The Bertz CT molecular complexity index is 487. The number of nitrogens with one attached hydrogen (secondary N) is 1. The predicted octanol–water partition coefficient (Wildman–Crippen LogP) is 4.69. The van der Waals surface area contributed by atoms with E-state index in [-0.39, 0.29) is 18.7 Å².